The van der Waals surface area contributed by atoms with Crippen molar-refractivity contribution in [2.45, 2.75) is 43.9 Å². The van der Waals surface area contributed by atoms with Crippen molar-refractivity contribution in [3.63, 3.8) is 0 Å². The van der Waals surface area contributed by atoms with Crippen LogP contribution in [0, 0.1) is 0 Å². The number of hydrogen-bond acceptors (Lipinski definition) is 7. The van der Waals surface area contributed by atoms with Crippen LogP contribution >= 0.6 is 0 Å². The molecule has 0 saturated carbocycles. The van der Waals surface area contributed by atoms with Crippen molar-refractivity contribution in [2.24, 2.45) is 0 Å². The van der Waals surface area contributed by atoms with Gasteiger partial charge in [-0.25, -0.2) is 4.79 Å². The molecule has 1 heterocycles. The number of benzene rings is 2. The van der Waals surface area contributed by atoms with E-state index in [9.17, 15) is 15.0 Å². The van der Waals surface area contributed by atoms with Crippen molar-refractivity contribution < 1.29 is 34.0 Å². The molecule has 2 aromatic carbocycles. The zero-order valence-corrected chi connectivity index (χ0v) is 15.5. The van der Waals surface area contributed by atoms with E-state index in [1.165, 1.54) is 7.11 Å². The van der Waals surface area contributed by atoms with Gasteiger partial charge in [0, 0.05) is 7.11 Å². The van der Waals surface area contributed by atoms with Crippen molar-refractivity contribution in [3.8, 4) is 0 Å². The number of aliphatic hydroxyl groups is 2. The van der Waals surface area contributed by atoms with Gasteiger partial charge in [0.15, 0.2) is 12.4 Å². The highest BCUT2D eigenvalue weighted by molar-refractivity contribution is 5.75. The van der Waals surface area contributed by atoms with E-state index in [2.05, 4.69) is 0 Å². The molecule has 0 spiro atoms. The van der Waals surface area contributed by atoms with Gasteiger partial charge >= 0.3 is 5.97 Å². The standard InChI is InChI=1S/C21H24O7/c1-25-21-17(23)16(22)18(26-12-14-8-4-2-5-9-14)19(28-21)20(24)27-13-15-10-6-3-7-11-15/h2-11,16-19,21-23H,12-13H2,1H3/t16?,17?,18-,19?,21+/m0/s1. The highest BCUT2D eigenvalue weighted by atomic mass is 16.7. The van der Waals surface area contributed by atoms with Crippen LogP contribution in [0.3, 0.4) is 0 Å². The van der Waals surface area contributed by atoms with Gasteiger partial charge in [0.2, 0.25) is 0 Å². The summed E-state index contributed by atoms with van der Waals surface area (Å²) in [6.45, 7) is 0.194. The number of aliphatic hydroxyl groups excluding tert-OH is 2. The number of hydrogen-bond donors (Lipinski definition) is 2. The molecule has 0 aromatic heterocycles. The second-order valence-electron chi connectivity index (χ2n) is 6.50. The lowest BCUT2D eigenvalue weighted by Crippen LogP contribution is -2.61. The third-order valence-electron chi connectivity index (χ3n) is 4.52. The van der Waals surface area contributed by atoms with Gasteiger partial charge < -0.3 is 29.2 Å². The minimum Gasteiger partial charge on any atom is -0.459 e. The van der Waals surface area contributed by atoms with Crippen LogP contribution in [0.5, 0.6) is 0 Å². The molecule has 1 fully saturated rings. The first-order valence-electron chi connectivity index (χ1n) is 9.00. The quantitative estimate of drug-likeness (QED) is 0.693. The molecule has 3 rings (SSSR count). The second kappa shape index (κ2) is 9.77. The van der Waals surface area contributed by atoms with Gasteiger partial charge in [-0.1, -0.05) is 60.7 Å². The second-order valence-corrected chi connectivity index (χ2v) is 6.50. The predicted molar refractivity (Wildman–Crippen MR) is 98.9 cm³/mol. The first kappa shape index (κ1) is 20.4. The Labute approximate surface area is 163 Å². The van der Waals surface area contributed by atoms with Crippen LogP contribution in [0.4, 0.5) is 0 Å². The summed E-state index contributed by atoms with van der Waals surface area (Å²) in [5.41, 5.74) is 1.67. The molecule has 0 radical (unpaired) electrons. The van der Waals surface area contributed by atoms with Gasteiger partial charge in [-0.05, 0) is 11.1 Å². The fourth-order valence-electron chi connectivity index (χ4n) is 2.99. The Morgan fingerprint density at radius 1 is 0.929 bits per heavy atom. The fraction of sp³-hybridized carbons (Fsp3) is 0.381. The maximum Gasteiger partial charge on any atom is 0.338 e. The molecule has 28 heavy (non-hydrogen) atoms. The average Bonchev–Trinajstić information content (AvgIpc) is 2.74. The smallest absolute Gasteiger partial charge is 0.338 e. The Bertz CT molecular complexity index is 737. The summed E-state index contributed by atoms with van der Waals surface area (Å²) in [5, 5.41) is 20.7. The number of ether oxygens (including phenoxy) is 4. The summed E-state index contributed by atoms with van der Waals surface area (Å²) in [6.07, 6.45) is -6.25. The van der Waals surface area contributed by atoms with Gasteiger partial charge in [0.25, 0.3) is 0 Å². The van der Waals surface area contributed by atoms with Crippen LogP contribution < -0.4 is 0 Å². The van der Waals surface area contributed by atoms with E-state index in [0.717, 1.165) is 11.1 Å². The van der Waals surface area contributed by atoms with Crippen molar-refractivity contribution in [2.75, 3.05) is 7.11 Å². The van der Waals surface area contributed by atoms with E-state index in [1.54, 1.807) is 0 Å². The maximum absolute atomic E-state index is 12.6. The zero-order chi connectivity index (χ0) is 19.9. The molecule has 2 aromatic rings. The molecular formula is C21H24O7. The van der Waals surface area contributed by atoms with Crippen LogP contribution in [-0.4, -0.2) is 54.0 Å². The topological polar surface area (TPSA) is 94.5 Å². The first-order valence-corrected chi connectivity index (χ1v) is 9.00. The Kier molecular flexibility index (Phi) is 7.13. The molecule has 1 saturated heterocycles. The number of esters is 1. The Balaban J connectivity index is 1.70. The third kappa shape index (κ3) is 4.95. The number of methoxy groups -OCH3 is 1. The highest BCUT2D eigenvalue weighted by Gasteiger charge is 2.49. The van der Waals surface area contributed by atoms with E-state index in [4.69, 9.17) is 18.9 Å². The van der Waals surface area contributed by atoms with Gasteiger partial charge in [0.1, 0.15) is 24.9 Å². The molecule has 2 N–H and O–H groups in total. The van der Waals surface area contributed by atoms with Crippen molar-refractivity contribution in [1.82, 2.24) is 0 Å². The van der Waals surface area contributed by atoms with E-state index >= 15 is 0 Å². The lowest BCUT2D eigenvalue weighted by molar-refractivity contribution is -0.296. The maximum atomic E-state index is 12.6. The predicted octanol–water partition coefficient (Wildman–Crippen LogP) is 1.41. The molecule has 0 amide bonds. The van der Waals surface area contributed by atoms with Crippen LogP contribution in [0.2, 0.25) is 0 Å². The van der Waals surface area contributed by atoms with Gasteiger partial charge in [-0.2, -0.15) is 0 Å². The molecular weight excluding hydrogens is 364 g/mol. The fourth-order valence-corrected chi connectivity index (χ4v) is 2.99. The van der Waals surface area contributed by atoms with E-state index in [-0.39, 0.29) is 13.2 Å². The summed E-state index contributed by atoms with van der Waals surface area (Å²) in [5.74, 6) is -0.699. The number of carbonyl (C=O) groups excluding carboxylic acids is 1. The summed E-state index contributed by atoms with van der Waals surface area (Å²) in [4.78, 5) is 12.6. The summed E-state index contributed by atoms with van der Waals surface area (Å²) in [6, 6.07) is 18.5. The van der Waals surface area contributed by atoms with Gasteiger partial charge in [0.05, 0.1) is 6.61 Å². The molecule has 150 valence electrons. The molecule has 1 aliphatic heterocycles. The van der Waals surface area contributed by atoms with Crippen LogP contribution in [0.15, 0.2) is 60.7 Å². The highest BCUT2D eigenvalue weighted by Crippen LogP contribution is 2.26. The van der Waals surface area contributed by atoms with Crippen LogP contribution in [0.25, 0.3) is 0 Å². The molecule has 0 bridgehead atoms. The normalized spacial score (nSPS) is 27.3. The third-order valence-corrected chi connectivity index (χ3v) is 4.52. The van der Waals surface area contributed by atoms with Crippen LogP contribution in [0.1, 0.15) is 11.1 Å². The first-order chi connectivity index (χ1) is 13.6. The summed E-state index contributed by atoms with van der Waals surface area (Å²) in [7, 11) is 1.32. The van der Waals surface area contributed by atoms with Crippen molar-refractivity contribution in [1.29, 1.82) is 0 Å². The number of rotatable bonds is 7. The average molecular weight is 388 g/mol. The lowest BCUT2D eigenvalue weighted by Gasteiger charge is -2.40. The van der Waals surface area contributed by atoms with Gasteiger partial charge in [-0.3, -0.25) is 0 Å². The summed E-state index contributed by atoms with van der Waals surface area (Å²) < 4.78 is 21.6. The SMILES string of the molecule is CO[C@@H]1OC(C(=O)OCc2ccccc2)[C@@H](OCc2ccccc2)C(O)C1O. The molecule has 0 aliphatic carbocycles. The molecule has 7 heteroatoms. The Morgan fingerprint density at radius 2 is 1.50 bits per heavy atom. The summed E-state index contributed by atoms with van der Waals surface area (Å²) >= 11 is 0. The van der Waals surface area contributed by atoms with Crippen molar-refractivity contribution >= 4 is 5.97 Å². The van der Waals surface area contributed by atoms with Crippen molar-refractivity contribution in [3.05, 3.63) is 71.8 Å². The Hall–Kier alpha value is -2.29. The van der Waals surface area contributed by atoms with E-state index in [1.807, 2.05) is 60.7 Å². The van der Waals surface area contributed by atoms with E-state index in [0.29, 0.717) is 0 Å². The minimum atomic E-state index is -1.38. The monoisotopic (exact) mass is 388 g/mol. The van der Waals surface area contributed by atoms with Gasteiger partial charge in [-0.15, -0.1) is 0 Å². The molecule has 7 nitrogen and oxygen atoms in total. The lowest BCUT2D eigenvalue weighted by atomic mass is 9.98. The Morgan fingerprint density at radius 3 is 2.07 bits per heavy atom. The van der Waals surface area contributed by atoms with E-state index < -0.39 is 36.7 Å². The molecule has 1 aliphatic rings. The molecule has 3 unspecified atom stereocenters. The minimum absolute atomic E-state index is 0.0568. The van der Waals surface area contributed by atoms with Crippen LogP contribution in [-0.2, 0) is 37.0 Å². The molecule has 5 atom stereocenters. The largest absolute Gasteiger partial charge is 0.459 e. The zero-order valence-electron chi connectivity index (χ0n) is 15.5. The number of carbonyl (C=O) groups is 1.